The van der Waals surface area contributed by atoms with Gasteiger partial charge in [-0.2, -0.15) is 0 Å². The standard InChI is InChI=1S/C17H26N2O2/c1-13-4-2-3-5-16(13)21-11-10-17(20)19-15-8-6-14(12-18)7-9-15/h6-9,13,16H,2-5,10-12,18H2,1H3,(H,19,20). The van der Waals surface area contributed by atoms with Crippen LogP contribution in [-0.2, 0) is 16.1 Å². The third-order valence-corrected chi connectivity index (χ3v) is 4.17. The Hall–Kier alpha value is -1.39. The lowest BCUT2D eigenvalue weighted by Crippen LogP contribution is -2.27. The molecule has 0 saturated heterocycles. The molecule has 0 aromatic heterocycles. The summed E-state index contributed by atoms with van der Waals surface area (Å²) in [5.41, 5.74) is 7.41. The molecule has 4 heteroatoms. The van der Waals surface area contributed by atoms with E-state index in [9.17, 15) is 4.79 Å². The van der Waals surface area contributed by atoms with Crippen LogP contribution in [0.25, 0.3) is 0 Å². The Labute approximate surface area is 127 Å². The highest BCUT2D eigenvalue weighted by Crippen LogP contribution is 2.26. The van der Waals surface area contributed by atoms with E-state index in [1.807, 2.05) is 24.3 Å². The summed E-state index contributed by atoms with van der Waals surface area (Å²) in [6.07, 6.45) is 5.65. The Kier molecular flexibility index (Phi) is 6.21. The van der Waals surface area contributed by atoms with Gasteiger partial charge in [-0.15, -0.1) is 0 Å². The van der Waals surface area contributed by atoms with Gasteiger partial charge in [0.25, 0.3) is 0 Å². The lowest BCUT2D eigenvalue weighted by molar-refractivity contribution is -0.118. The third-order valence-electron chi connectivity index (χ3n) is 4.17. The average Bonchev–Trinajstić information content (AvgIpc) is 2.50. The van der Waals surface area contributed by atoms with E-state index in [1.54, 1.807) is 0 Å². The fourth-order valence-corrected chi connectivity index (χ4v) is 2.78. The van der Waals surface area contributed by atoms with E-state index in [0.717, 1.165) is 17.7 Å². The monoisotopic (exact) mass is 290 g/mol. The summed E-state index contributed by atoms with van der Waals surface area (Å²) in [6, 6.07) is 7.61. The maximum atomic E-state index is 11.9. The SMILES string of the molecule is CC1CCCCC1OCCC(=O)Nc1ccc(CN)cc1. The quantitative estimate of drug-likeness (QED) is 0.846. The molecule has 1 aliphatic rings. The highest BCUT2D eigenvalue weighted by molar-refractivity contribution is 5.90. The second-order valence-electron chi connectivity index (χ2n) is 5.87. The van der Waals surface area contributed by atoms with Crippen LogP contribution in [0, 0.1) is 5.92 Å². The minimum atomic E-state index is -0.000962. The first kappa shape index (κ1) is 16.0. The molecule has 0 heterocycles. The number of nitrogens with two attached hydrogens (primary N) is 1. The van der Waals surface area contributed by atoms with Crippen molar-refractivity contribution in [2.75, 3.05) is 11.9 Å². The highest BCUT2D eigenvalue weighted by Gasteiger charge is 2.21. The zero-order valence-corrected chi connectivity index (χ0v) is 12.8. The first-order valence-electron chi connectivity index (χ1n) is 7.89. The van der Waals surface area contributed by atoms with Crippen molar-refractivity contribution in [3.05, 3.63) is 29.8 Å². The molecule has 21 heavy (non-hydrogen) atoms. The number of benzene rings is 1. The summed E-state index contributed by atoms with van der Waals surface area (Å²) >= 11 is 0. The number of rotatable bonds is 6. The van der Waals surface area contributed by atoms with E-state index >= 15 is 0 Å². The Balaban J connectivity index is 1.69. The number of hydrogen-bond donors (Lipinski definition) is 2. The second kappa shape index (κ2) is 8.15. The third kappa shape index (κ3) is 5.14. The first-order chi connectivity index (χ1) is 10.2. The average molecular weight is 290 g/mol. The molecule has 1 fully saturated rings. The van der Waals surface area contributed by atoms with Crippen molar-refractivity contribution in [2.45, 2.75) is 51.7 Å². The molecule has 0 radical (unpaired) electrons. The van der Waals surface area contributed by atoms with Gasteiger partial charge >= 0.3 is 0 Å². The summed E-state index contributed by atoms with van der Waals surface area (Å²) in [4.78, 5) is 11.9. The van der Waals surface area contributed by atoms with Crippen LogP contribution in [0.2, 0.25) is 0 Å². The van der Waals surface area contributed by atoms with E-state index < -0.39 is 0 Å². The van der Waals surface area contributed by atoms with E-state index in [-0.39, 0.29) is 5.91 Å². The predicted molar refractivity (Wildman–Crippen MR) is 85.0 cm³/mol. The van der Waals surface area contributed by atoms with Crippen molar-refractivity contribution >= 4 is 11.6 Å². The van der Waals surface area contributed by atoms with Gasteiger partial charge in [-0.05, 0) is 36.5 Å². The molecule has 116 valence electrons. The summed E-state index contributed by atoms with van der Waals surface area (Å²) < 4.78 is 5.86. The highest BCUT2D eigenvalue weighted by atomic mass is 16.5. The van der Waals surface area contributed by atoms with Gasteiger partial charge in [-0.3, -0.25) is 4.79 Å². The normalized spacial score (nSPS) is 22.0. The van der Waals surface area contributed by atoms with Gasteiger partial charge in [0.05, 0.1) is 19.1 Å². The van der Waals surface area contributed by atoms with E-state index in [1.165, 1.54) is 19.3 Å². The van der Waals surface area contributed by atoms with Crippen LogP contribution in [-0.4, -0.2) is 18.6 Å². The second-order valence-corrected chi connectivity index (χ2v) is 5.87. The predicted octanol–water partition coefficient (Wildman–Crippen LogP) is 3.07. The smallest absolute Gasteiger partial charge is 0.226 e. The van der Waals surface area contributed by atoms with Gasteiger partial charge in [-0.1, -0.05) is 31.9 Å². The summed E-state index contributed by atoms with van der Waals surface area (Å²) in [7, 11) is 0. The molecule has 1 aromatic rings. The fraction of sp³-hybridized carbons (Fsp3) is 0.588. The van der Waals surface area contributed by atoms with Crippen molar-refractivity contribution in [2.24, 2.45) is 11.7 Å². The van der Waals surface area contributed by atoms with Crippen molar-refractivity contribution in [3.8, 4) is 0 Å². The number of carbonyl (C=O) groups is 1. The van der Waals surface area contributed by atoms with Crippen LogP contribution in [0.15, 0.2) is 24.3 Å². The lowest BCUT2D eigenvalue weighted by Gasteiger charge is -2.28. The Morgan fingerprint density at radius 2 is 2.00 bits per heavy atom. The molecule has 1 saturated carbocycles. The largest absolute Gasteiger partial charge is 0.377 e. The van der Waals surface area contributed by atoms with E-state index in [0.29, 0.717) is 31.6 Å². The number of nitrogens with one attached hydrogen (secondary N) is 1. The molecule has 1 aliphatic carbocycles. The van der Waals surface area contributed by atoms with Gasteiger partial charge in [0.15, 0.2) is 0 Å². The van der Waals surface area contributed by atoms with Crippen LogP contribution in [0.5, 0.6) is 0 Å². The van der Waals surface area contributed by atoms with Gasteiger partial charge < -0.3 is 15.8 Å². The summed E-state index contributed by atoms with van der Waals surface area (Å²) in [5.74, 6) is 0.615. The molecule has 1 amide bonds. The molecule has 2 rings (SSSR count). The molecular formula is C17H26N2O2. The molecule has 0 aliphatic heterocycles. The van der Waals surface area contributed by atoms with Crippen LogP contribution in [0.1, 0.15) is 44.6 Å². The number of ether oxygens (including phenoxy) is 1. The molecule has 0 bridgehead atoms. The molecular weight excluding hydrogens is 264 g/mol. The summed E-state index contributed by atoms with van der Waals surface area (Å²) in [5, 5.41) is 2.88. The lowest BCUT2D eigenvalue weighted by atomic mass is 9.88. The van der Waals surface area contributed by atoms with Crippen LogP contribution in [0.3, 0.4) is 0 Å². The number of amides is 1. The van der Waals surface area contributed by atoms with Crippen LogP contribution >= 0.6 is 0 Å². The van der Waals surface area contributed by atoms with Crippen LogP contribution < -0.4 is 11.1 Å². The Morgan fingerprint density at radius 3 is 2.67 bits per heavy atom. The molecule has 2 atom stereocenters. The van der Waals surface area contributed by atoms with Crippen molar-refractivity contribution < 1.29 is 9.53 Å². The zero-order valence-electron chi connectivity index (χ0n) is 12.8. The van der Waals surface area contributed by atoms with Gasteiger partial charge in [-0.25, -0.2) is 0 Å². The van der Waals surface area contributed by atoms with Crippen molar-refractivity contribution in [3.63, 3.8) is 0 Å². The first-order valence-corrected chi connectivity index (χ1v) is 7.89. The molecule has 1 aromatic carbocycles. The molecule has 2 unspecified atom stereocenters. The minimum absolute atomic E-state index is 0.000962. The maximum absolute atomic E-state index is 11.9. The van der Waals surface area contributed by atoms with Crippen molar-refractivity contribution in [1.82, 2.24) is 0 Å². The van der Waals surface area contributed by atoms with Gasteiger partial charge in [0, 0.05) is 12.2 Å². The molecule has 0 spiro atoms. The number of hydrogen-bond acceptors (Lipinski definition) is 3. The number of anilines is 1. The van der Waals surface area contributed by atoms with Crippen LogP contribution in [0.4, 0.5) is 5.69 Å². The maximum Gasteiger partial charge on any atom is 0.226 e. The van der Waals surface area contributed by atoms with Gasteiger partial charge in [0.2, 0.25) is 5.91 Å². The summed E-state index contributed by atoms with van der Waals surface area (Å²) in [6.45, 7) is 3.26. The zero-order chi connectivity index (χ0) is 15.1. The number of carbonyl (C=O) groups excluding carboxylic acids is 1. The molecule has 3 N–H and O–H groups in total. The Morgan fingerprint density at radius 1 is 1.29 bits per heavy atom. The topological polar surface area (TPSA) is 64.3 Å². The van der Waals surface area contributed by atoms with Gasteiger partial charge in [0.1, 0.15) is 0 Å². The Bertz CT molecular complexity index is 445. The van der Waals surface area contributed by atoms with Crippen molar-refractivity contribution in [1.29, 1.82) is 0 Å². The fourth-order valence-electron chi connectivity index (χ4n) is 2.78. The molecule has 4 nitrogen and oxygen atoms in total. The van der Waals surface area contributed by atoms with E-state index in [4.69, 9.17) is 10.5 Å². The minimum Gasteiger partial charge on any atom is -0.377 e. The van der Waals surface area contributed by atoms with E-state index in [2.05, 4.69) is 12.2 Å².